The molecule has 8 heavy (non-hydrogen) atoms. The van der Waals surface area contributed by atoms with Gasteiger partial charge in [0, 0.05) is 0 Å². The van der Waals surface area contributed by atoms with Crippen LogP contribution in [-0.4, -0.2) is 22.0 Å². The van der Waals surface area contributed by atoms with Crippen LogP contribution in [0, 0.1) is 0 Å². The molecule has 0 bridgehead atoms. The molecule has 0 rings (SSSR count). The zero-order valence-corrected chi connectivity index (χ0v) is 6.63. The van der Waals surface area contributed by atoms with Gasteiger partial charge in [0.1, 0.15) is 0 Å². The van der Waals surface area contributed by atoms with Crippen molar-refractivity contribution in [3.05, 3.63) is 0 Å². The molecule has 0 aliphatic rings. The van der Waals surface area contributed by atoms with Crippen LogP contribution in [0.5, 0.6) is 0 Å². The Hall–Kier alpha value is 0.0869. The Balaban J connectivity index is 3.75. The highest BCUT2D eigenvalue weighted by Crippen LogP contribution is 1.89. The van der Waals surface area contributed by atoms with E-state index >= 15 is 0 Å². The SMILES string of the molecule is C[SiH](C)OS(=O)(=O)O. The largest absolute Gasteiger partial charge is 0.387 e. The monoisotopic (exact) mass is 156 g/mol. The molecule has 4 nitrogen and oxygen atoms in total. The summed E-state index contributed by atoms with van der Waals surface area (Å²) in [4.78, 5) is 0. The van der Waals surface area contributed by atoms with Crippen molar-refractivity contribution in [3.63, 3.8) is 0 Å². The summed E-state index contributed by atoms with van der Waals surface area (Å²) < 4.78 is 31.7. The highest BCUT2D eigenvalue weighted by Gasteiger charge is 2.06. The van der Waals surface area contributed by atoms with Gasteiger partial charge in [0.25, 0.3) is 0 Å². The molecule has 0 saturated carbocycles. The van der Waals surface area contributed by atoms with E-state index < -0.39 is 19.4 Å². The van der Waals surface area contributed by atoms with E-state index in [9.17, 15) is 8.42 Å². The van der Waals surface area contributed by atoms with Crippen molar-refractivity contribution in [2.24, 2.45) is 0 Å². The molecule has 0 radical (unpaired) electrons. The third-order valence-electron chi connectivity index (χ3n) is 0.314. The Labute approximate surface area is 50.2 Å². The van der Waals surface area contributed by atoms with Crippen LogP contribution < -0.4 is 0 Å². The minimum absolute atomic E-state index is 1.63. The molecule has 0 aliphatic carbocycles. The first-order chi connectivity index (χ1) is 3.42. The summed E-state index contributed by atoms with van der Waals surface area (Å²) in [6, 6.07) is 0. The van der Waals surface area contributed by atoms with Gasteiger partial charge in [-0.3, -0.25) is 8.42 Å². The van der Waals surface area contributed by atoms with Gasteiger partial charge in [0.15, 0.2) is 9.04 Å². The highest BCUT2D eigenvalue weighted by atomic mass is 32.3. The molecule has 0 spiro atoms. The molecule has 1 N–H and O–H groups in total. The van der Waals surface area contributed by atoms with Crippen LogP contribution in [0.4, 0.5) is 0 Å². The quantitative estimate of drug-likeness (QED) is 0.444. The Kier molecular flexibility index (Phi) is 2.61. The van der Waals surface area contributed by atoms with Crippen molar-refractivity contribution >= 4 is 19.4 Å². The lowest BCUT2D eigenvalue weighted by Gasteiger charge is -1.98. The molecule has 50 valence electrons. The van der Waals surface area contributed by atoms with Crippen LogP contribution in [0.1, 0.15) is 0 Å². The van der Waals surface area contributed by atoms with E-state index in [-0.39, 0.29) is 0 Å². The number of rotatable bonds is 2. The van der Waals surface area contributed by atoms with Gasteiger partial charge >= 0.3 is 10.4 Å². The van der Waals surface area contributed by atoms with Crippen LogP contribution in [0.3, 0.4) is 0 Å². The molecule has 0 heterocycles. The summed E-state index contributed by atoms with van der Waals surface area (Å²) in [6.07, 6.45) is 0. The van der Waals surface area contributed by atoms with Crippen molar-refractivity contribution < 1.29 is 16.8 Å². The summed E-state index contributed by atoms with van der Waals surface area (Å²) in [7, 11) is -5.80. The smallest absolute Gasteiger partial charge is 0.298 e. The van der Waals surface area contributed by atoms with Crippen LogP contribution in [0.15, 0.2) is 0 Å². The van der Waals surface area contributed by atoms with Crippen molar-refractivity contribution in [3.8, 4) is 0 Å². The maximum atomic E-state index is 9.81. The second-order valence-corrected chi connectivity index (χ2v) is 5.30. The average Bonchev–Trinajstić information content (AvgIpc) is 1.21. The van der Waals surface area contributed by atoms with Gasteiger partial charge in [-0.25, -0.2) is 0 Å². The highest BCUT2D eigenvalue weighted by molar-refractivity contribution is 7.81. The maximum Gasteiger partial charge on any atom is 0.387 e. The lowest BCUT2D eigenvalue weighted by Crippen LogP contribution is -2.14. The molecular weight excluding hydrogens is 148 g/mol. The molecule has 0 amide bonds. The van der Waals surface area contributed by atoms with Crippen molar-refractivity contribution in [2.75, 3.05) is 0 Å². The summed E-state index contributed by atoms with van der Waals surface area (Å²) in [6.45, 7) is 3.29. The number of hydrogen-bond acceptors (Lipinski definition) is 3. The third-order valence-corrected chi connectivity index (χ3v) is 2.83. The maximum absolute atomic E-state index is 9.81. The van der Waals surface area contributed by atoms with Gasteiger partial charge in [-0.1, -0.05) is 0 Å². The fourth-order valence-electron chi connectivity index (χ4n) is 0.243. The van der Waals surface area contributed by atoms with Gasteiger partial charge in [-0.05, 0) is 13.1 Å². The van der Waals surface area contributed by atoms with Gasteiger partial charge in [-0.2, -0.15) is 8.42 Å². The average molecular weight is 156 g/mol. The van der Waals surface area contributed by atoms with E-state index in [0.717, 1.165) is 0 Å². The first-order valence-electron chi connectivity index (χ1n) is 2.07. The van der Waals surface area contributed by atoms with Crippen molar-refractivity contribution in [1.82, 2.24) is 0 Å². The predicted octanol–water partition coefficient (Wildman–Crippen LogP) is -0.211. The van der Waals surface area contributed by atoms with Gasteiger partial charge in [0.2, 0.25) is 0 Å². The molecular formula is C2H8O4SSi. The van der Waals surface area contributed by atoms with E-state index in [1.807, 2.05) is 0 Å². The summed E-state index contributed by atoms with van der Waals surface area (Å²) >= 11 is 0. The summed E-state index contributed by atoms with van der Waals surface area (Å²) in [5.74, 6) is 0. The first kappa shape index (κ1) is 8.09. The van der Waals surface area contributed by atoms with E-state index in [1.54, 1.807) is 13.1 Å². The van der Waals surface area contributed by atoms with E-state index in [4.69, 9.17) is 4.55 Å². The van der Waals surface area contributed by atoms with Gasteiger partial charge < -0.3 is 0 Å². The molecule has 0 aromatic rings. The second kappa shape index (κ2) is 2.58. The summed E-state index contributed by atoms with van der Waals surface area (Å²) in [5.41, 5.74) is 0. The van der Waals surface area contributed by atoms with E-state index in [2.05, 4.69) is 3.87 Å². The molecule has 0 aromatic heterocycles. The second-order valence-electron chi connectivity index (χ2n) is 1.57. The zero-order valence-electron chi connectivity index (χ0n) is 4.66. The van der Waals surface area contributed by atoms with Crippen LogP contribution in [0.25, 0.3) is 0 Å². The van der Waals surface area contributed by atoms with E-state index in [0.29, 0.717) is 0 Å². The van der Waals surface area contributed by atoms with E-state index in [1.165, 1.54) is 0 Å². The lowest BCUT2D eigenvalue weighted by molar-refractivity contribution is 0.391. The number of hydrogen-bond donors (Lipinski definition) is 1. The molecule has 0 atom stereocenters. The zero-order chi connectivity index (χ0) is 6.78. The molecule has 0 aliphatic heterocycles. The van der Waals surface area contributed by atoms with Crippen LogP contribution in [-0.2, 0) is 14.3 Å². The molecule has 6 heteroatoms. The third kappa shape index (κ3) is 6.09. The topological polar surface area (TPSA) is 63.6 Å². The van der Waals surface area contributed by atoms with Crippen LogP contribution >= 0.6 is 0 Å². The fourth-order valence-corrected chi connectivity index (χ4v) is 2.19. The van der Waals surface area contributed by atoms with Crippen LogP contribution in [0.2, 0.25) is 13.1 Å². The Morgan fingerprint density at radius 2 is 1.88 bits per heavy atom. The first-order valence-corrected chi connectivity index (χ1v) is 6.22. The normalized spacial score (nSPS) is 12.5. The summed E-state index contributed by atoms with van der Waals surface area (Å²) in [5, 5.41) is 0. The Bertz CT molecular complexity index is 147. The Morgan fingerprint density at radius 3 is 1.88 bits per heavy atom. The van der Waals surface area contributed by atoms with Crippen molar-refractivity contribution in [1.29, 1.82) is 0 Å². The molecule has 0 aromatic carbocycles. The van der Waals surface area contributed by atoms with Crippen molar-refractivity contribution in [2.45, 2.75) is 13.1 Å². The molecule has 0 fully saturated rings. The standard InChI is InChI=1S/C2H8O4SSi/c1-8(2)6-7(3,4)5/h8H,1-2H3,(H,3,4,5). The minimum Gasteiger partial charge on any atom is -0.298 e. The minimum atomic E-state index is -4.16. The van der Waals surface area contributed by atoms with Gasteiger partial charge in [0.05, 0.1) is 0 Å². The lowest BCUT2D eigenvalue weighted by atomic mass is 11.9. The fraction of sp³-hybridized carbons (Fsp3) is 1.00. The molecule has 0 saturated heterocycles. The predicted molar refractivity (Wildman–Crippen MR) is 31.5 cm³/mol. The Morgan fingerprint density at radius 1 is 1.50 bits per heavy atom. The molecule has 0 unspecified atom stereocenters. The van der Waals surface area contributed by atoms with Gasteiger partial charge in [-0.15, -0.1) is 0 Å².